The highest BCUT2D eigenvalue weighted by Crippen LogP contribution is 2.22. The summed E-state index contributed by atoms with van der Waals surface area (Å²) in [6.07, 6.45) is 2.31. The molecule has 3 heterocycles. The van der Waals surface area contributed by atoms with E-state index in [9.17, 15) is 4.79 Å². The summed E-state index contributed by atoms with van der Waals surface area (Å²) in [6, 6.07) is 10.2. The fourth-order valence-corrected chi connectivity index (χ4v) is 5.32. The quantitative estimate of drug-likeness (QED) is 0.430. The van der Waals surface area contributed by atoms with Crippen LogP contribution in [0.1, 0.15) is 22.6 Å². The molecule has 0 radical (unpaired) electrons. The van der Waals surface area contributed by atoms with Gasteiger partial charge in [-0.2, -0.15) is 11.8 Å². The molecular formula is C22H28N6OS2. The third kappa shape index (κ3) is 6.30. The van der Waals surface area contributed by atoms with Gasteiger partial charge in [-0.05, 0) is 30.7 Å². The molecule has 164 valence electrons. The molecule has 0 amide bonds. The number of guanidine groups is 1. The lowest BCUT2D eigenvalue weighted by Gasteiger charge is -2.15. The Labute approximate surface area is 191 Å². The summed E-state index contributed by atoms with van der Waals surface area (Å²) in [4.78, 5) is 24.5. The lowest BCUT2D eigenvalue weighted by atomic mass is 10.0. The largest absolute Gasteiger partial charge is 0.359 e. The summed E-state index contributed by atoms with van der Waals surface area (Å²) in [5.41, 5.74) is 4.20. The molecule has 31 heavy (non-hydrogen) atoms. The van der Waals surface area contributed by atoms with Gasteiger partial charge in [0.05, 0.1) is 6.54 Å². The molecule has 0 fully saturated rings. The first-order valence-corrected chi connectivity index (χ1v) is 12.6. The van der Waals surface area contributed by atoms with Crippen LogP contribution in [0.4, 0.5) is 0 Å². The molecule has 1 atom stereocenters. The molecule has 4 rings (SSSR count). The zero-order chi connectivity index (χ0) is 21.5. The van der Waals surface area contributed by atoms with Crippen LogP contribution in [0.25, 0.3) is 0 Å². The van der Waals surface area contributed by atoms with Gasteiger partial charge in [-0.25, -0.2) is 4.98 Å². The molecule has 0 aliphatic carbocycles. The van der Waals surface area contributed by atoms with Crippen molar-refractivity contribution in [2.24, 2.45) is 4.99 Å². The number of rotatable bonds is 9. The van der Waals surface area contributed by atoms with Gasteiger partial charge >= 0.3 is 0 Å². The van der Waals surface area contributed by atoms with E-state index in [4.69, 9.17) is 0 Å². The Morgan fingerprint density at radius 3 is 2.87 bits per heavy atom. The maximum absolute atomic E-state index is 12.6. The summed E-state index contributed by atoms with van der Waals surface area (Å²) in [5.74, 6) is 3.45. The van der Waals surface area contributed by atoms with Crippen molar-refractivity contribution >= 4 is 29.5 Å². The van der Waals surface area contributed by atoms with E-state index in [2.05, 4.69) is 48.5 Å². The van der Waals surface area contributed by atoms with Crippen LogP contribution in [-0.4, -0.2) is 46.0 Å². The number of hydrogen-bond donors (Lipinski definition) is 4. The molecule has 1 aromatic carbocycles. The number of aromatic nitrogens is 2. The first-order valence-electron chi connectivity index (χ1n) is 10.5. The van der Waals surface area contributed by atoms with Crippen molar-refractivity contribution < 1.29 is 0 Å². The molecule has 2 aliphatic rings. The van der Waals surface area contributed by atoms with Crippen molar-refractivity contribution in [3.8, 4) is 0 Å². The number of nitrogens with one attached hydrogen (secondary N) is 4. The minimum atomic E-state index is -0.00245. The van der Waals surface area contributed by atoms with Crippen LogP contribution in [0.2, 0.25) is 0 Å². The second-order valence-electron chi connectivity index (χ2n) is 7.47. The van der Waals surface area contributed by atoms with E-state index < -0.39 is 0 Å². The number of thioether (sulfide) groups is 2. The minimum absolute atomic E-state index is 0.00245. The van der Waals surface area contributed by atoms with Crippen LogP contribution in [0, 0.1) is 6.92 Å². The molecule has 0 saturated carbocycles. The molecule has 0 bridgehead atoms. The lowest BCUT2D eigenvalue weighted by molar-refractivity contribution is 0.711. The summed E-state index contributed by atoms with van der Waals surface area (Å²) < 4.78 is 0. The van der Waals surface area contributed by atoms with Crippen LogP contribution >= 0.6 is 23.5 Å². The van der Waals surface area contributed by atoms with Gasteiger partial charge in [0.25, 0.3) is 5.56 Å². The summed E-state index contributed by atoms with van der Waals surface area (Å²) in [6.45, 7) is 3.67. The number of nitrogens with zero attached hydrogens (tertiary/aromatic N) is 2. The van der Waals surface area contributed by atoms with Gasteiger partial charge in [0, 0.05) is 41.4 Å². The molecule has 4 N–H and O–H groups in total. The summed E-state index contributed by atoms with van der Waals surface area (Å²) >= 11 is 3.56. The van der Waals surface area contributed by atoms with E-state index in [1.54, 1.807) is 11.8 Å². The van der Waals surface area contributed by atoms with Crippen molar-refractivity contribution in [2.75, 3.05) is 24.6 Å². The van der Waals surface area contributed by atoms with Gasteiger partial charge < -0.3 is 20.9 Å². The van der Waals surface area contributed by atoms with Gasteiger partial charge in [-0.3, -0.25) is 9.79 Å². The fourth-order valence-electron chi connectivity index (χ4n) is 3.50. The molecule has 9 heteroatoms. The van der Waals surface area contributed by atoms with Crippen molar-refractivity contribution in [2.45, 2.75) is 31.7 Å². The first kappa shape index (κ1) is 21.8. The minimum Gasteiger partial charge on any atom is -0.359 e. The van der Waals surface area contributed by atoms with E-state index in [0.29, 0.717) is 6.42 Å². The summed E-state index contributed by atoms with van der Waals surface area (Å²) in [7, 11) is 0. The number of aliphatic imine (C=N–C) groups is 1. The summed E-state index contributed by atoms with van der Waals surface area (Å²) in [5, 5.41) is 12.2. The number of hydrogen-bond acceptors (Lipinski definition) is 8. The van der Waals surface area contributed by atoms with Crippen LogP contribution in [0.3, 0.4) is 0 Å². The maximum Gasteiger partial charge on any atom is 0.254 e. The molecule has 7 nitrogen and oxygen atoms in total. The second kappa shape index (κ2) is 10.8. The monoisotopic (exact) mass is 456 g/mol. The molecule has 2 aliphatic heterocycles. The highest BCUT2D eigenvalue weighted by atomic mass is 32.2. The van der Waals surface area contributed by atoms with Crippen molar-refractivity contribution in [3.63, 3.8) is 0 Å². The van der Waals surface area contributed by atoms with Gasteiger partial charge in [0.1, 0.15) is 5.82 Å². The van der Waals surface area contributed by atoms with Crippen LogP contribution < -0.4 is 21.5 Å². The Kier molecular flexibility index (Phi) is 7.58. The third-order valence-corrected chi connectivity index (χ3v) is 7.06. The molecule has 0 spiro atoms. The van der Waals surface area contributed by atoms with Gasteiger partial charge in [-0.15, -0.1) is 0 Å². The lowest BCUT2D eigenvalue weighted by Crippen LogP contribution is -2.44. The zero-order valence-corrected chi connectivity index (χ0v) is 19.2. The smallest absolute Gasteiger partial charge is 0.254 e. The van der Waals surface area contributed by atoms with E-state index in [1.165, 1.54) is 11.3 Å². The normalized spacial score (nSPS) is 17.6. The highest BCUT2D eigenvalue weighted by molar-refractivity contribution is 8.03. The Balaban J connectivity index is 1.20. The van der Waals surface area contributed by atoms with E-state index >= 15 is 0 Å². The first-order chi connectivity index (χ1) is 15.2. The van der Waals surface area contributed by atoms with Crippen molar-refractivity contribution in [3.05, 3.63) is 74.4 Å². The predicted octanol–water partition coefficient (Wildman–Crippen LogP) is 2.15. The topological polar surface area (TPSA) is 94.2 Å². The fraction of sp³-hybridized carbons (Fsp3) is 0.409. The maximum atomic E-state index is 12.6. The van der Waals surface area contributed by atoms with Crippen LogP contribution in [0.5, 0.6) is 0 Å². The predicted molar refractivity (Wildman–Crippen MR) is 131 cm³/mol. The number of benzene rings is 1. The van der Waals surface area contributed by atoms with Gasteiger partial charge in [-0.1, -0.05) is 42.1 Å². The second-order valence-corrected chi connectivity index (χ2v) is 9.55. The zero-order valence-electron chi connectivity index (χ0n) is 17.6. The SMILES string of the molecule is Cc1nc(CCSCC2=CSC(NC3=NCCN3)N2)[nH]c(=O)c1CCc1ccccc1. The van der Waals surface area contributed by atoms with Gasteiger partial charge in [0.15, 0.2) is 11.5 Å². The van der Waals surface area contributed by atoms with Crippen molar-refractivity contribution in [1.82, 2.24) is 25.9 Å². The number of aromatic amines is 1. The van der Waals surface area contributed by atoms with E-state index in [1.807, 2.05) is 36.9 Å². The third-order valence-electron chi connectivity index (χ3n) is 5.12. The van der Waals surface area contributed by atoms with E-state index in [-0.39, 0.29) is 11.1 Å². The molecule has 0 saturated heterocycles. The molecule has 1 aromatic heterocycles. The number of aryl methyl sites for hydroxylation is 3. The Bertz CT molecular complexity index is 1000. The van der Waals surface area contributed by atoms with Crippen LogP contribution in [-0.2, 0) is 19.3 Å². The Hall–Kier alpha value is -2.39. The van der Waals surface area contributed by atoms with E-state index in [0.717, 1.165) is 60.5 Å². The van der Waals surface area contributed by atoms with Crippen LogP contribution in [0.15, 0.2) is 51.2 Å². The van der Waals surface area contributed by atoms with Crippen molar-refractivity contribution in [1.29, 1.82) is 0 Å². The average Bonchev–Trinajstić information content (AvgIpc) is 3.44. The molecular weight excluding hydrogens is 428 g/mol. The Morgan fingerprint density at radius 1 is 1.23 bits per heavy atom. The average molecular weight is 457 g/mol. The van der Waals surface area contributed by atoms with Gasteiger partial charge in [0.2, 0.25) is 0 Å². The highest BCUT2D eigenvalue weighted by Gasteiger charge is 2.18. The standard InChI is InChI=1S/C22H28N6OS2/c1-15-18(8-7-16-5-3-2-4-6-16)20(29)27-19(25-15)9-12-30-13-17-14-31-22(26-17)28-21-23-10-11-24-21/h2-6,14,22,26H,7-13H2,1H3,(H2,23,24,28)(H,25,27,29). The molecule has 2 aromatic rings. The molecule has 1 unspecified atom stereocenters. The Morgan fingerprint density at radius 2 is 2.10 bits per heavy atom. The number of H-pyrrole nitrogens is 1.